The summed E-state index contributed by atoms with van der Waals surface area (Å²) in [5.74, 6) is 0. The van der Waals surface area contributed by atoms with E-state index >= 15 is 0 Å². The van der Waals surface area contributed by atoms with E-state index in [2.05, 4.69) is 9.71 Å². The fraction of sp³-hybridized carbons (Fsp3) is 0.214. The average molecular weight is 326 g/mol. The number of halogens is 1. The SMILES string of the molecule is Cc1c(N)cc(S(=O)(=O)NCCc2ccccn2)cc1Cl. The molecule has 1 aromatic carbocycles. The summed E-state index contributed by atoms with van der Waals surface area (Å²) in [4.78, 5) is 4.20. The third-order valence-electron chi connectivity index (χ3n) is 3.07. The van der Waals surface area contributed by atoms with Gasteiger partial charge in [0.2, 0.25) is 10.0 Å². The lowest BCUT2D eigenvalue weighted by Crippen LogP contribution is -2.26. The lowest BCUT2D eigenvalue weighted by molar-refractivity contribution is 0.581. The third-order valence-corrected chi connectivity index (χ3v) is 4.90. The van der Waals surface area contributed by atoms with Crippen molar-refractivity contribution in [3.05, 3.63) is 52.8 Å². The van der Waals surface area contributed by atoms with Crippen LogP contribution >= 0.6 is 11.6 Å². The predicted octanol–water partition coefficient (Wildman–Crippen LogP) is 2.15. The Morgan fingerprint density at radius 1 is 1.33 bits per heavy atom. The zero-order valence-corrected chi connectivity index (χ0v) is 13.1. The summed E-state index contributed by atoms with van der Waals surface area (Å²) in [7, 11) is -3.63. The number of anilines is 1. The van der Waals surface area contributed by atoms with Crippen molar-refractivity contribution in [2.45, 2.75) is 18.2 Å². The van der Waals surface area contributed by atoms with Crippen molar-refractivity contribution in [2.24, 2.45) is 0 Å². The number of nitrogens with zero attached hydrogens (tertiary/aromatic N) is 1. The Morgan fingerprint density at radius 2 is 2.10 bits per heavy atom. The molecule has 7 heteroatoms. The van der Waals surface area contributed by atoms with Gasteiger partial charge in [-0.05, 0) is 36.8 Å². The molecule has 0 saturated heterocycles. The molecule has 0 unspecified atom stereocenters. The van der Waals surface area contributed by atoms with Gasteiger partial charge in [0.15, 0.2) is 0 Å². The number of hydrogen-bond acceptors (Lipinski definition) is 4. The summed E-state index contributed by atoms with van der Waals surface area (Å²) in [6, 6.07) is 8.32. The van der Waals surface area contributed by atoms with Crippen LogP contribution < -0.4 is 10.5 Å². The van der Waals surface area contributed by atoms with Gasteiger partial charge in [-0.2, -0.15) is 0 Å². The van der Waals surface area contributed by atoms with Gasteiger partial charge in [0.25, 0.3) is 0 Å². The van der Waals surface area contributed by atoms with E-state index in [9.17, 15) is 8.42 Å². The molecule has 3 N–H and O–H groups in total. The Hall–Kier alpha value is -1.63. The Morgan fingerprint density at radius 3 is 2.71 bits per heavy atom. The minimum Gasteiger partial charge on any atom is -0.398 e. The summed E-state index contributed by atoms with van der Waals surface area (Å²) in [6.45, 7) is 1.99. The van der Waals surface area contributed by atoms with Crippen molar-refractivity contribution in [3.8, 4) is 0 Å². The van der Waals surface area contributed by atoms with Gasteiger partial charge < -0.3 is 5.73 Å². The predicted molar refractivity (Wildman–Crippen MR) is 83.7 cm³/mol. The molecule has 0 spiro atoms. The largest absolute Gasteiger partial charge is 0.398 e. The van der Waals surface area contributed by atoms with Crippen molar-refractivity contribution in [1.29, 1.82) is 0 Å². The molecule has 0 amide bonds. The van der Waals surface area contributed by atoms with E-state index in [4.69, 9.17) is 17.3 Å². The van der Waals surface area contributed by atoms with Crippen LogP contribution in [0.3, 0.4) is 0 Å². The van der Waals surface area contributed by atoms with Crippen molar-refractivity contribution >= 4 is 27.3 Å². The van der Waals surface area contributed by atoms with Crippen LogP contribution in [0.2, 0.25) is 5.02 Å². The normalized spacial score (nSPS) is 11.5. The summed E-state index contributed by atoms with van der Waals surface area (Å²) >= 11 is 5.97. The topological polar surface area (TPSA) is 85.1 Å². The van der Waals surface area contributed by atoms with E-state index in [1.165, 1.54) is 12.1 Å². The zero-order chi connectivity index (χ0) is 15.5. The Kier molecular flexibility index (Phi) is 4.82. The third kappa shape index (κ3) is 3.93. The molecule has 0 aliphatic heterocycles. The summed E-state index contributed by atoms with van der Waals surface area (Å²) in [5.41, 5.74) is 7.60. The number of nitrogen functional groups attached to an aromatic ring is 1. The van der Waals surface area contributed by atoms with Crippen LogP contribution in [0.25, 0.3) is 0 Å². The Labute approximate surface area is 129 Å². The van der Waals surface area contributed by atoms with E-state index in [0.29, 0.717) is 22.7 Å². The highest BCUT2D eigenvalue weighted by Gasteiger charge is 2.16. The van der Waals surface area contributed by atoms with E-state index in [1.54, 1.807) is 13.1 Å². The number of benzene rings is 1. The van der Waals surface area contributed by atoms with Crippen LogP contribution in [0.4, 0.5) is 5.69 Å². The molecule has 1 heterocycles. The molecule has 0 fully saturated rings. The average Bonchev–Trinajstić information content (AvgIpc) is 2.45. The van der Waals surface area contributed by atoms with Gasteiger partial charge in [-0.3, -0.25) is 4.98 Å². The van der Waals surface area contributed by atoms with Crippen molar-refractivity contribution in [2.75, 3.05) is 12.3 Å². The van der Waals surface area contributed by atoms with Crippen LogP contribution in [-0.4, -0.2) is 19.9 Å². The molecule has 112 valence electrons. The number of rotatable bonds is 5. The second-order valence-electron chi connectivity index (χ2n) is 4.59. The van der Waals surface area contributed by atoms with Gasteiger partial charge in [-0.1, -0.05) is 17.7 Å². The number of hydrogen-bond donors (Lipinski definition) is 2. The Balaban J connectivity index is 2.09. The summed E-state index contributed by atoms with van der Waals surface area (Å²) < 4.78 is 26.9. The fourth-order valence-corrected chi connectivity index (χ4v) is 3.16. The van der Waals surface area contributed by atoms with Gasteiger partial charge >= 0.3 is 0 Å². The fourth-order valence-electron chi connectivity index (χ4n) is 1.77. The summed E-state index contributed by atoms with van der Waals surface area (Å²) in [5, 5.41) is 0.333. The van der Waals surface area contributed by atoms with Crippen molar-refractivity contribution < 1.29 is 8.42 Å². The van der Waals surface area contributed by atoms with E-state index in [0.717, 1.165) is 5.69 Å². The van der Waals surface area contributed by atoms with Crippen LogP contribution in [-0.2, 0) is 16.4 Å². The van der Waals surface area contributed by atoms with Gasteiger partial charge in [0.1, 0.15) is 0 Å². The first kappa shape index (κ1) is 15.8. The van der Waals surface area contributed by atoms with Gasteiger partial charge in [-0.25, -0.2) is 13.1 Å². The number of nitrogens with two attached hydrogens (primary N) is 1. The highest BCUT2D eigenvalue weighted by molar-refractivity contribution is 7.89. The molecule has 0 aliphatic rings. The van der Waals surface area contributed by atoms with Gasteiger partial charge in [0, 0.05) is 35.6 Å². The first-order chi connectivity index (χ1) is 9.90. The smallest absolute Gasteiger partial charge is 0.240 e. The van der Waals surface area contributed by atoms with Gasteiger partial charge in [-0.15, -0.1) is 0 Å². The molecule has 0 radical (unpaired) electrons. The highest BCUT2D eigenvalue weighted by Crippen LogP contribution is 2.25. The highest BCUT2D eigenvalue weighted by atomic mass is 35.5. The van der Waals surface area contributed by atoms with Gasteiger partial charge in [0.05, 0.1) is 4.90 Å². The number of nitrogens with one attached hydrogen (secondary N) is 1. The molecule has 0 saturated carbocycles. The van der Waals surface area contributed by atoms with E-state index in [-0.39, 0.29) is 11.4 Å². The lowest BCUT2D eigenvalue weighted by atomic mass is 10.2. The number of pyridine rings is 1. The second-order valence-corrected chi connectivity index (χ2v) is 6.76. The quantitative estimate of drug-likeness (QED) is 0.825. The molecule has 2 aromatic rings. The molecule has 0 atom stereocenters. The van der Waals surface area contributed by atoms with Crippen LogP contribution in [0.5, 0.6) is 0 Å². The minimum atomic E-state index is -3.63. The van der Waals surface area contributed by atoms with E-state index < -0.39 is 10.0 Å². The maximum Gasteiger partial charge on any atom is 0.240 e. The molecule has 5 nitrogen and oxygen atoms in total. The molecule has 1 aromatic heterocycles. The lowest BCUT2D eigenvalue weighted by Gasteiger charge is -2.10. The maximum atomic E-state index is 12.2. The zero-order valence-electron chi connectivity index (χ0n) is 11.5. The van der Waals surface area contributed by atoms with Crippen LogP contribution in [0, 0.1) is 6.92 Å². The van der Waals surface area contributed by atoms with Crippen molar-refractivity contribution in [1.82, 2.24) is 9.71 Å². The molecular weight excluding hydrogens is 310 g/mol. The van der Waals surface area contributed by atoms with Crippen LogP contribution in [0.1, 0.15) is 11.3 Å². The summed E-state index contributed by atoms with van der Waals surface area (Å²) in [6.07, 6.45) is 2.18. The number of aromatic nitrogens is 1. The standard InChI is InChI=1S/C14H16ClN3O2S/c1-10-13(15)8-12(9-14(10)16)21(19,20)18-7-5-11-4-2-3-6-17-11/h2-4,6,8-9,18H,5,7,16H2,1H3. The first-order valence-electron chi connectivity index (χ1n) is 6.35. The second kappa shape index (κ2) is 6.43. The van der Waals surface area contributed by atoms with Crippen LogP contribution in [0.15, 0.2) is 41.4 Å². The first-order valence-corrected chi connectivity index (χ1v) is 8.21. The van der Waals surface area contributed by atoms with Crippen molar-refractivity contribution in [3.63, 3.8) is 0 Å². The Bertz CT molecular complexity index is 710. The molecule has 2 rings (SSSR count). The molecule has 0 aliphatic carbocycles. The maximum absolute atomic E-state index is 12.2. The molecule has 21 heavy (non-hydrogen) atoms. The minimum absolute atomic E-state index is 0.0663. The molecule has 0 bridgehead atoms. The monoisotopic (exact) mass is 325 g/mol. The number of sulfonamides is 1. The van der Waals surface area contributed by atoms with E-state index in [1.807, 2.05) is 18.2 Å². The molecular formula is C14H16ClN3O2S.